The van der Waals surface area contributed by atoms with E-state index in [2.05, 4.69) is 0 Å². The Labute approximate surface area is 119 Å². The number of carboxylic acid groups (broad SMARTS) is 1. The van der Waals surface area contributed by atoms with E-state index in [-0.39, 0.29) is 6.54 Å². The predicted molar refractivity (Wildman–Crippen MR) is 66.9 cm³/mol. The number of aromatic carboxylic acids is 1. The molecule has 21 heavy (non-hydrogen) atoms. The number of likely N-dealkylation sites (N-methyl/N-ethyl adjacent to an activating group) is 1. The molecule has 1 aromatic rings. The first kappa shape index (κ1) is 17.0. The molecule has 0 unspecified atom stereocenters. The van der Waals surface area contributed by atoms with Gasteiger partial charge in [-0.15, -0.1) is 0 Å². The summed E-state index contributed by atoms with van der Waals surface area (Å²) in [7, 11) is -4.60. The lowest BCUT2D eigenvalue weighted by atomic mass is 10.2. The van der Waals surface area contributed by atoms with E-state index < -0.39 is 50.5 Å². The molecule has 3 N–H and O–H groups in total. The highest BCUT2D eigenvalue weighted by atomic mass is 32.2. The third-order valence-electron chi connectivity index (χ3n) is 2.54. The maximum absolute atomic E-state index is 13.7. The van der Waals surface area contributed by atoms with Crippen molar-refractivity contribution < 1.29 is 31.9 Å². The predicted octanol–water partition coefficient (Wildman–Crippen LogP) is 0.159. The van der Waals surface area contributed by atoms with Crippen molar-refractivity contribution in [2.45, 2.75) is 11.8 Å². The van der Waals surface area contributed by atoms with Crippen LogP contribution in [0.4, 0.5) is 8.78 Å². The van der Waals surface area contributed by atoms with Gasteiger partial charge < -0.3 is 10.8 Å². The van der Waals surface area contributed by atoms with E-state index in [1.165, 1.54) is 6.92 Å². The number of benzene rings is 1. The number of halogens is 2. The fraction of sp³-hybridized carbons (Fsp3) is 0.273. The molecule has 0 fully saturated rings. The second-order valence-corrected chi connectivity index (χ2v) is 5.88. The van der Waals surface area contributed by atoms with E-state index in [0.717, 1.165) is 0 Å². The minimum Gasteiger partial charge on any atom is -0.478 e. The Balaban J connectivity index is 3.49. The number of nitrogens with two attached hydrogens (primary N) is 1. The molecular weight excluding hydrogens is 310 g/mol. The lowest BCUT2D eigenvalue weighted by Crippen LogP contribution is -2.38. The summed E-state index contributed by atoms with van der Waals surface area (Å²) in [5.41, 5.74) is 4.15. The standard InChI is InChI=1S/C11H12F2N2O5S/c1-2-15(5-9(14)16)21(19,20)8-4-6(11(17)18)3-7(12)10(8)13/h3-4H,2,5H2,1H3,(H2,14,16)(H,17,18). The number of carbonyl (C=O) groups excluding carboxylic acids is 1. The Morgan fingerprint density at radius 3 is 2.33 bits per heavy atom. The second kappa shape index (κ2) is 6.14. The molecule has 7 nitrogen and oxygen atoms in total. The summed E-state index contributed by atoms with van der Waals surface area (Å²) in [6, 6.07) is 0.848. The zero-order valence-corrected chi connectivity index (χ0v) is 11.7. The average Bonchev–Trinajstić information content (AvgIpc) is 2.37. The van der Waals surface area contributed by atoms with E-state index in [4.69, 9.17) is 10.8 Å². The zero-order valence-electron chi connectivity index (χ0n) is 10.8. The first-order valence-electron chi connectivity index (χ1n) is 5.62. The molecule has 10 heteroatoms. The van der Waals surface area contributed by atoms with Crippen LogP contribution in [0.2, 0.25) is 0 Å². The highest BCUT2D eigenvalue weighted by Gasteiger charge is 2.30. The summed E-state index contributed by atoms with van der Waals surface area (Å²) < 4.78 is 51.9. The summed E-state index contributed by atoms with van der Waals surface area (Å²) in [6.07, 6.45) is 0. The molecule has 0 atom stereocenters. The molecule has 1 rings (SSSR count). The van der Waals surface area contributed by atoms with Crippen LogP contribution in [0.1, 0.15) is 17.3 Å². The van der Waals surface area contributed by atoms with Gasteiger partial charge >= 0.3 is 5.97 Å². The van der Waals surface area contributed by atoms with Crippen LogP contribution in [0.25, 0.3) is 0 Å². The van der Waals surface area contributed by atoms with Gasteiger partial charge in [0.25, 0.3) is 0 Å². The number of hydrogen-bond acceptors (Lipinski definition) is 4. The minimum atomic E-state index is -4.60. The van der Waals surface area contributed by atoms with Crippen LogP contribution in [-0.2, 0) is 14.8 Å². The minimum absolute atomic E-state index is 0.233. The molecule has 0 aliphatic heterocycles. The van der Waals surface area contributed by atoms with Crippen LogP contribution in [0, 0.1) is 11.6 Å². The summed E-state index contributed by atoms with van der Waals surface area (Å²) in [6.45, 7) is 0.386. The van der Waals surface area contributed by atoms with Crippen LogP contribution in [0.15, 0.2) is 17.0 Å². The summed E-state index contributed by atoms with van der Waals surface area (Å²) >= 11 is 0. The lowest BCUT2D eigenvalue weighted by molar-refractivity contribution is -0.118. The lowest BCUT2D eigenvalue weighted by Gasteiger charge is -2.19. The van der Waals surface area contributed by atoms with Gasteiger partial charge in [-0.25, -0.2) is 22.0 Å². The fourth-order valence-electron chi connectivity index (χ4n) is 1.55. The number of nitrogens with zero attached hydrogens (tertiary/aromatic N) is 1. The SMILES string of the molecule is CCN(CC(N)=O)S(=O)(=O)c1cc(C(=O)O)cc(F)c1F. The van der Waals surface area contributed by atoms with E-state index >= 15 is 0 Å². The summed E-state index contributed by atoms with van der Waals surface area (Å²) in [5, 5.41) is 8.76. The van der Waals surface area contributed by atoms with Gasteiger partial charge in [-0.2, -0.15) is 4.31 Å². The third kappa shape index (κ3) is 3.52. The van der Waals surface area contributed by atoms with Crippen molar-refractivity contribution in [2.75, 3.05) is 13.1 Å². The van der Waals surface area contributed by atoms with E-state index in [9.17, 15) is 26.8 Å². The van der Waals surface area contributed by atoms with Gasteiger partial charge in [0, 0.05) is 6.54 Å². The Kier molecular flexibility index (Phi) is 4.97. The number of rotatable bonds is 6. The third-order valence-corrected chi connectivity index (χ3v) is 4.46. The quantitative estimate of drug-likeness (QED) is 0.773. The van der Waals surface area contributed by atoms with E-state index in [0.29, 0.717) is 16.4 Å². The van der Waals surface area contributed by atoms with Gasteiger partial charge in [0.15, 0.2) is 11.6 Å². The van der Waals surface area contributed by atoms with Crippen LogP contribution < -0.4 is 5.73 Å². The number of primary amides is 1. The van der Waals surface area contributed by atoms with E-state index in [1.807, 2.05) is 0 Å². The first-order chi connectivity index (χ1) is 9.61. The molecule has 0 aliphatic rings. The highest BCUT2D eigenvalue weighted by Crippen LogP contribution is 2.23. The smallest absolute Gasteiger partial charge is 0.335 e. The van der Waals surface area contributed by atoms with Crippen molar-refractivity contribution in [3.05, 3.63) is 29.3 Å². The van der Waals surface area contributed by atoms with Gasteiger partial charge in [0.1, 0.15) is 4.90 Å². The molecule has 0 heterocycles. The van der Waals surface area contributed by atoms with Crippen molar-refractivity contribution in [1.82, 2.24) is 4.31 Å². The average molecular weight is 322 g/mol. The number of carbonyl (C=O) groups is 2. The van der Waals surface area contributed by atoms with Crippen molar-refractivity contribution in [3.8, 4) is 0 Å². The van der Waals surface area contributed by atoms with E-state index in [1.54, 1.807) is 0 Å². The molecule has 116 valence electrons. The fourth-order valence-corrected chi connectivity index (χ4v) is 3.07. The molecule has 0 spiro atoms. The first-order valence-corrected chi connectivity index (χ1v) is 7.06. The Morgan fingerprint density at radius 2 is 1.90 bits per heavy atom. The highest BCUT2D eigenvalue weighted by molar-refractivity contribution is 7.89. The van der Waals surface area contributed by atoms with Gasteiger partial charge in [-0.05, 0) is 12.1 Å². The molecule has 0 bridgehead atoms. The second-order valence-electron chi connectivity index (χ2n) is 3.97. The van der Waals surface area contributed by atoms with Crippen LogP contribution in [-0.4, -0.2) is 42.8 Å². The molecule has 0 saturated heterocycles. The largest absolute Gasteiger partial charge is 0.478 e. The Bertz CT molecular complexity index is 690. The van der Waals surface area contributed by atoms with Crippen LogP contribution in [0.5, 0.6) is 0 Å². The summed E-state index contributed by atoms with van der Waals surface area (Å²) in [5.74, 6) is -5.95. The topological polar surface area (TPSA) is 118 Å². The van der Waals surface area contributed by atoms with Crippen molar-refractivity contribution in [3.63, 3.8) is 0 Å². The Hall–Kier alpha value is -2.07. The van der Waals surface area contributed by atoms with Gasteiger partial charge in [-0.1, -0.05) is 6.92 Å². The number of hydrogen-bond donors (Lipinski definition) is 2. The number of amides is 1. The molecular formula is C11H12F2N2O5S. The maximum atomic E-state index is 13.7. The molecule has 1 aromatic carbocycles. The van der Waals surface area contributed by atoms with Crippen LogP contribution in [0.3, 0.4) is 0 Å². The molecule has 0 aromatic heterocycles. The Morgan fingerprint density at radius 1 is 1.33 bits per heavy atom. The number of sulfonamides is 1. The summed E-state index contributed by atoms with van der Waals surface area (Å²) in [4.78, 5) is 20.5. The van der Waals surface area contributed by atoms with Crippen molar-refractivity contribution in [2.24, 2.45) is 5.73 Å². The molecule has 0 saturated carbocycles. The van der Waals surface area contributed by atoms with Gasteiger partial charge in [-0.3, -0.25) is 4.79 Å². The monoisotopic (exact) mass is 322 g/mol. The molecule has 0 radical (unpaired) electrons. The van der Waals surface area contributed by atoms with Crippen molar-refractivity contribution >= 4 is 21.9 Å². The van der Waals surface area contributed by atoms with Gasteiger partial charge in [0.2, 0.25) is 15.9 Å². The molecule has 0 aliphatic carbocycles. The maximum Gasteiger partial charge on any atom is 0.335 e. The molecule has 1 amide bonds. The number of carboxylic acids is 1. The van der Waals surface area contributed by atoms with Crippen molar-refractivity contribution in [1.29, 1.82) is 0 Å². The zero-order chi connectivity index (χ0) is 16.4. The normalized spacial score (nSPS) is 11.6. The van der Waals surface area contributed by atoms with Gasteiger partial charge in [0.05, 0.1) is 12.1 Å². The van der Waals surface area contributed by atoms with Crippen LogP contribution >= 0.6 is 0 Å².